The number of hydrogen-bond acceptors (Lipinski definition) is 8. The van der Waals surface area contributed by atoms with E-state index in [2.05, 4.69) is 4.90 Å². The molecule has 0 aliphatic carbocycles. The number of carbonyl (C=O) groups is 1. The zero-order chi connectivity index (χ0) is 20.8. The Labute approximate surface area is 160 Å². The Hall–Kier alpha value is -1.85. The first-order valence-electron chi connectivity index (χ1n) is 8.35. The van der Waals surface area contributed by atoms with Crippen molar-refractivity contribution < 1.29 is 26.4 Å². The number of benzene rings is 1. The highest BCUT2D eigenvalue weighted by Crippen LogP contribution is 2.24. The standard InChI is InChI=1S/C16H27N3O6S2/c1-5-18(6-2)14-7-8-15(13(3)11-14)19(17)16(20)25-9-10-27(23,24)12-26(4,21)22/h7-8,11H,5-6,9-10,12,17H2,1-4H3. The summed E-state index contributed by atoms with van der Waals surface area (Å²) in [5.74, 6) is 5.18. The van der Waals surface area contributed by atoms with E-state index in [1.165, 1.54) is 0 Å². The Morgan fingerprint density at radius 1 is 1.15 bits per heavy atom. The molecule has 1 aromatic carbocycles. The highest BCUT2D eigenvalue weighted by molar-refractivity contribution is 8.07. The maximum Gasteiger partial charge on any atom is 0.428 e. The Kier molecular flexibility index (Phi) is 8.05. The number of aryl methyl sites for hydroxylation is 1. The fraction of sp³-hybridized carbons (Fsp3) is 0.562. The lowest BCUT2D eigenvalue weighted by atomic mass is 10.1. The van der Waals surface area contributed by atoms with E-state index >= 15 is 0 Å². The summed E-state index contributed by atoms with van der Waals surface area (Å²) in [6, 6.07) is 5.41. The zero-order valence-corrected chi connectivity index (χ0v) is 17.6. The molecule has 9 nitrogen and oxygen atoms in total. The molecule has 0 heterocycles. The van der Waals surface area contributed by atoms with Crippen LogP contribution in [0.3, 0.4) is 0 Å². The van der Waals surface area contributed by atoms with Crippen LogP contribution in [0.2, 0.25) is 0 Å². The maximum absolute atomic E-state index is 12.1. The topological polar surface area (TPSA) is 127 Å². The number of nitrogens with two attached hydrogens (primary N) is 1. The van der Waals surface area contributed by atoms with Crippen LogP contribution in [0.4, 0.5) is 16.2 Å². The van der Waals surface area contributed by atoms with Crippen LogP contribution in [0.1, 0.15) is 19.4 Å². The number of nitrogens with zero attached hydrogens (tertiary/aromatic N) is 2. The Balaban J connectivity index is 2.74. The smallest absolute Gasteiger partial charge is 0.428 e. The van der Waals surface area contributed by atoms with Gasteiger partial charge in [-0.15, -0.1) is 0 Å². The van der Waals surface area contributed by atoms with Crippen LogP contribution in [-0.2, 0) is 24.4 Å². The van der Waals surface area contributed by atoms with E-state index in [-0.39, 0.29) is 0 Å². The number of sulfone groups is 2. The summed E-state index contributed by atoms with van der Waals surface area (Å²) in [5, 5.41) is -0.194. The molecule has 0 saturated heterocycles. The highest BCUT2D eigenvalue weighted by Gasteiger charge is 2.21. The molecule has 0 saturated carbocycles. The fourth-order valence-electron chi connectivity index (χ4n) is 2.50. The van der Waals surface area contributed by atoms with E-state index < -0.39 is 43.2 Å². The van der Waals surface area contributed by atoms with E-state index in [1.54, 1.807) is 13.0 Å². The molecule has 2 N–H and O–H groups in total. The van der Waals surface area contributed by atoms with Gasteiger partial charge in [0.05, 0.1) is 11.4 Å². The summed E-state index contributed by atoms with van der Waals surface area (Å²) in [6.07, 6.45) is -0.105. The van der Waals surface area contributed by atoms with Crippen molar-refractivity contribution in [3.8, 4) is 0 Å². The van der Waals surface area contributed by atoms with E-state index in [0.717, 1.165) is 35.6 Å². The maximum atomic E-state index is 12.1. The van der Waals surface area contributed by atoms with Crippen molar-refractivity contribution in [3.63, 3.8) is 0 Å². The molecule has 154 valence electrons. The van der Waals surface area contributed by atoms with Crippen molar-refractivity contribution in [2.75, 3.05) is 46.7 Å². The summed E-state index contributed by atoms with van der Waals surface area (Å²) in [4.78, 5) is 14.2. The molecule has 0 unspecified atom stereocenters. The number of carbonyl (C=O) groups excluding carboxylic acids is 1. The van der Waals surface area contributed by atoms with Gasteiger partial charge >= 0.3 is 6.09 Å². The lowest BCUT2D eigenvalue weighted by molar-refractivity contribution is 0.160. The minimum Gasteiger partial charge on any atom is -0.447 e. The minimum atomic E-state index is -3.88. The van der Waals surface area contributed by atoms with Crippen LogP contribution < -0.4 is 15.8 Å². The third kappa shape index (κ3) is 7.35. The molecule has 27 heavy (non-hydrogen) atoms. The van der Waals surface area contributed by atoms with E-state index in [9.17, 15) is 21.6 Å². The van der Waals surface area contributed by atoms with Gasteiger partial charge < -0.3 is 9.64 Å². The monoisotopic (exact) mass is 421 g/mol. The number of amides is 1. The van der Waals surface area contributed by atoms with Gasteiger partial charge in [0.25, 0.3) is 0 Å². The molecule has 0 bridgehead atoms. The molecule has 0 atom stereocenters. The molecule has 0 radical (unpaired) electrons. The second-order valence-electron chi connectivity index (χ2n) is 6.12. The van der Waals surface area contributed by atoms with Crippen LogP contribution in [0, 0.1) is 6.92 Å². The summed E-state index contributed by atoms with van der Waals surface area (Å²) in [5.41, 5.74) is 2.17. The second kappa shape index (κ2) is 9.38. The molecule has 1 rings (SSSR count). The minimum absolute atomic E-state index is 0.426. The van der Waals surface area contributed by atoms with Crippen molar-refractivity contribution >= 4 is 37.1 Å². The number of anilines is 2. The zero-order valence-electron chi connectivity index (χ0n) is 16.0. The van der Waals surface area contributed by atoms with Gasteiger partial charge in [-0.25, -0.2) is 32.5 Å². The molecule has 0 fully saturated rings. The molecule has 0 aromatic heterocycles. The summed E-state index contributed by atoms with van der Waals surface area (Å²) >= 11 is 0. The Morgan fingerprint density at radius 3 is 2.22 bits per heavy atom. The van der Waals surface area contributed by atoms with Gasteiger partial charge in [-0.3, -0.25) is 0 Å². The Morgan fingerprint density at radius 2 is 1.74 bits per heavy atom. The van der Waals surface area contributed by atoms with Gasteiger partial charge in [-0.05, 0) is 44.5 Å². The number of hydrogen-bond donors (Lipinski definition) is 1. The van der Waals surface area contributed by atoms with E-state index in [1.807, 2.05) is 26.0 Å². The van der Waals surface area contributed by atoms with Crippen molar-refractivity contribution in [2.24, 2.45) is 5.84 Å². The Bertz CT molecular complexity index is 864. The first-order valence-corrected chi connectivity index (χ1v) is 12.2. The second-order valence-corrected chi connectivity index (χ2v) is 10.8. The first kappa shape index (κ1) is 23.2. The van der Waals surface area contributed by atoms with Crippen LogP contribution in [0.25, 0.3) is 0 Å². The van der Waals surface area contributed by atoms with Crippen LogP contribution in [-0.4, -0.2) is 59.7 Å². The molecule has 0 aliphatic heterocycles. The quantitative estimate of drug-likeness (QED) is 0.356. The van der Waals surface area contributed by atoms with Gasteiger partial charge in [0, 0.05) is 25.0 Å². The van der Waals surface area contributed by atoms with E-state index in [4.69, 9.17) is 10.6 Å². The molecule has 1 amide bonds. The van der Waals surface area contributed by atoms with Crippen LogP contribution in [0.5, 0.6) is 0 Å². The summed E-state index contributed by atoms with van der Waals surface area (Å²) in [6.45, 7) is 7.07. The lowest BCUT2D eigenvalue weighted by Crippen LogP contribution is -2.39. The van der Waals surface area contributed by atoms with Gasteiger partial charge in [0.1, 0.15) is 6.61 Å². The van der Waals surface area contributed by atoms with Crippen molar-refractivity contribution in [2.45, 2.75) is 20.8 Å². The van der Waals surface area contributed by atoms with Crippen molar-refractivity contribution in [1.82, 2.24) is 0 Å². The van der Waals surface area contributed by atoms with Crippen LogP contribution >= 0.6 is 0 Å². The highest BCUT2D eigenvalue weighted by atomic mass is 32.3. The SMILES string of the molecule is CCN(CC)c1ccc(N(N)C(=O)OCCS(=O)(=O)CS(C)(=O)=O)c(C)c1. The fourth-order valence-corrected chi connectivity index (χ4v) is 5.92. The number of hydrazine groups is 1. The van der Waals surface area contributed by atoms with Gasteiger partial charge in [-0.2, -0.15) is 0 Å². The predicted molar refractivity (Wildman–Crippen MR) is 106 cm³/mol. The first-order chi connectivity index (χ1) is 12.4. The lowest BCUT2D eigenvalue weighted by Gasteiger charge is -2.24. The molecular weight excluding hydrogens is 394 g/mol. The molecule has 1 aromatic rings. The third-order valence-corrected chi connectivity index (χ3v) is 7.72. The summed E-state index contributed by atoms with van der Waals surface area (Å²) < 4.78 is 50.3. The number of ether oxygens (including phenoxy) is 1. The molecule has 0 spiro atoms. The average molecular weight is 422 g/mol. The van der Waals surface area contributed by atoms with Crippen molar-refractivity contribution in [1.29, 1.82) is 0 Å². The number of rotatable bonds is 9. The third-order valence-electron chi connectivity index (χ3n) is 3.78. The largest absolute Gasteiger partial charge is 0.447 e. The molecule has 0 aliphatic rings. The molecular formula is C16H27N3O6S2. The summed E-state index contributed by atoms with van der Waals surface area (Å²) in [7, 11) is -7.57. The van der Waals surface area contributed by atoms with Crippen LogP contribution in [0.15, 0.2) is 18.2 Å². The van der Waals surface area contributed by atoms with Gasteiger partial charge in [0.2, 0.25) is 0 Å². The van der Waals surface area contributed by atoms with E-state index in [0.29, 0.717) is 5.69 Å². The van der Waals surface area contributed by atoms with Crippen molar-refractivity contribution in [3.05, 3.63) is 23.8 Å². The molecule has 11 heteroatoms. The predicted octanol–water partition coefficient (Wildman–Crippen LogP) is 1.07. The normalized spacial score (nSPS) is 11.9. The van der Waals surface area contributed by atoms with Gasteiger partial charge in [-0.1, -0.05) is 0 Å². The average Bonchev–Trinajstić information content (AvgIpc) is 2.53. The van der Waals surface area contributed by atoms with Gasteiger partial charge in [0.15, 0.2) is 24.8 Å².